The molecule has 2 aromatic carbocycles. The molecule has 1 amide bonds. The first-order valence-corrected chi connectivity index (χ1v) is 8.08. The van der Waals surface area contributed by atoms with Crippen molar-refractivity contribution in [1.29, 1.82) is 0 Å². The zero-order valence-electron chi connectivity index (χ0n) is 14.3. The second-order valence-corrected chi connectivity index (χ2v) is 5.89. The van der Waals surface area contributed by atoms with Crippen LogP contribution in [0.2, 0.25) is 0 Å². The van der Waals surface area contributed by atoms with E-state index in [0.717, 1.165) is 16.9 Å². The van der Waals surface area contributed by atoms with Crippen molar-refractivity contribution >= 4 is 5.91 Å². The van der Waals surface area contributed by atoms with E-state index in [9.17, 15) is 4.79 Å². The Hall–Kier alpha value is -2.29. The first-order chi connectivity index (χ1) is 11.0. The average Bonchev–Trinajstić information content (AvgIpc) is 2.52. The largest absolute Gasteiger partial charge is 0.494 e. The van der Waals surface area contributed by atoms with Gasteiger partial charge in [-0.2, -0.15) is 0 Å². The lowest BCUT2D eigenvalue weighted by atomic mass is 10.0. The van der Waals surface area contributed by atoms with Gasteiger partial charge in [0, 0.05) is 0 Å². The van der Waals surface area contributed by atoms with E-state index in [4.69, 9.17) is 4.74 Å². The molecule has 2 aromatic rings. The second kappa shape index (κ2) is 7.82. The van der Waals surface area contributed by atoms with Crippen LogP contribution in [0.3, 0.4) is 0 Å². The zero-order valence-corrected chi connectivity index (χ0v) is 14.3. The molecule has 0 radical (unpaired) electrons. The lowest BCUT2D eigenvalue weighted by molar-refractivity contribution is -0.121. The summed E-state index contributed by atoms with van der Waals surface area (Å²) in [6.45, 7) is 8.76. The van der Waals surface area contributed by atoms with Gasteiger partial charge in [0.05, 0.1) is 19.1 Å². The zero-order chi connectivity index (χ0) is 16.8. The molecule has 0 saturated heterocycles. The van der Waals surface area contributed by atoms with Crippen LogP contribution in [0.1, 0.15) is 42.1 Å². The molecule has 0 aliphatic carbocycles. The highest BCUT2D eigenvalue weighted by Gasteiger charge is 2.10. The molecular weight excluding hydrogens is 286 g/mol. The molecule has 0 aliphatic heterocycles. The maximum Gasteiger partial charge on any atom is 0.224 e. The summed E-state index contributed by atoms with van der Waals surface area (Å²) in [6.07, 6.45) is 0.405. The van der Waals surface area contributed by atoms with Crippen LogP contribution in [0.5, 0.6) is 5.75 Å². The Bertz CT molecular complexity index is 662. The molecule has 0 spiro atoms. The van der Waals surface area contributed by atoms with Gasteiger partial charge in [-0.25, -0.2) is 0 Å². The number of carbonyl (C=O) groups is 1. The minimum Gasteiger partial charge on any atom is -0.494 e. The average molecular weight is 311 g/mol. The molecule has 0 bridgehead atoms. The third kappa shape index (κ3) is 4.85. The van der Waals surface area contributed by atoms with E-state index in [-0.39, 0.29) is 11.9 Å². The van der Waals surface area contributed by atoms with Crippen LogP contribution in [0.25, 0.3) is 0 Å². The number of hydrogen-bond acceptors (Lipinski definition) is 2. The fourth-order valence-electron chi connectivity index (χ4n) is 2.49. The Morgan fingerprint density at radius 1 is 1.09 bits per heavy atom. The van der Waals surface area contributed by atoms with Crippen molar-refractivity contribution in [1.82, 2.24) is 5.32 Å². The van der Waals surface area contributed by atoms with Crippen LogP contribution in [-0.2, 0) is 11.2 Å². The van der Waals surface area contributed by atoms with Crippen molar-refractivity contribution in [3.05, 3.63) is 64.7 Å². The van der Waals surface area contributed by atoms with E-state index in [1.165, 1.54) is 11.1 Å². The topological polar surface area (TPSA) is 38.3 Å². The maximum atomic E-state index is 12.2. The quantitative estimate of drug-likeness (QED) is 0.871. The summed E-state index contributed by atoms with van der Waals surface area (Å²) in [5.41, 5.74) is 4.58. The van der Waals surface area contributed by atoms with Gasteiger partial charge >= 0.3 is 0 Å². The Labute approximate surface area is 138 Å². The van der Waals surface area contributed by atoms with Gasteiger partial charge in [-0.3, -0.25) is 4.79 Å². The Morgan fingerprint density at radius 2 is 1.78 bits per heavy atom. The summed E-state index contributed by atoms with van der Waals surface area (Å²) in [7, 11) is 0. The van der Waals surface area contributed by atoms with E-state index in [1.807, 2.05) is 44.2 Å². The molecule has 0 aliphatic rings. The number of benzene rings is 2. The van der Waals surface area contributed by atoms with Crippen LogP contribution in [0.15, 0.2) is 42.5 Å². The molecule has 0 saturated carbocycles. The number of ether oxygens (including phenoxy) is 1. The standard InChI is InChI=1S/C20H25NO2/c1-5-23-19-10-8-18(9-11-19)16(4)21-20(22)13-17-7-6-14(2)15(3)12-17/h6-12,16H,5,13H2,1-4H3,(H,21,22)/t16-/m0/s1. The third-order valence-electron chi connectivity index (χ3n) is 4.00. The molecule has 2 rings (SSSR count). The number of hydrogen-bond donors (Lipinski definition) is 1. The van der Waals surface area contributed by atoms with Crippen LogP contribution in [-0.4, -0.2) is 12.5 Å². The van der Waals surface area contributed by atoms with Crippen molar-refractivity contribution in [2.24, 2.45) is 0 Å². The van der Waals surface area contributed by atoms with Crippen LogP contribution in [0, 0.1) is 13.8 Å². The minimum atomic E-state index is -0.0234. The number of rotatable bonds is 6. The predicted octanol–water partition coefficient (Wildman–Crippen LogP) is 4.12. The Kier molecular flexibility index (Phi) is 5.80. The molecule has 0 aromatic heterocycles. The molecule has 0 fully saturated rings. The number of nitrogens with one attached hydrogen (secondary N) is 1. The lowest BCUT2D eigenvalue weighted by Gasteiger charge is -2.15. The molecule has 23 heavy (non-hydrogen) atoms. The normalized spacial score (nSPS) is 11.8. The van der Waals surface area contributed by atoms with Crippen molar-refractivity contribution in [3.63, 3.8) is 0 Å². The highest BCUT2D eigenvalue weighted by molar-refractivity contribution is 5.79. The molecule has 1 atom stereocenters. The second-order valence-electron chi connectivity index (χ2n) is 5.89. The Morgan fingerprint density at radius 3 is 2.39 bits per heavy atom. The predicted molar refractivity (Wildman–Crippen MR) is 93.8 cm³/mol. The van der Waals surface area contributed by atoms with Gasteiger partial charge in [-0.15, -0.1) is 0 Å². The van der Waals surface area contributed by atoms with Gasteiger partial charge in [0.15, 0.2) is 0 Å². The van der Waals surface area contributed by atoms with Gasteiger partial charge < -0.3 is 10.1 Å². The summed E-state index contributed by atoms with van der Waals surface area (Å²) in [5, 5.41) is 3.05. The highest BCUT2D eigenvalue weighted by Crippen LogP contribution is 2.18. The lowest BCUT2D eigenvalue weighted by Crippen LogP contribution is -2.28. The van der Waals surface area contributed by atoms with E-state index in [0.29, 0.717) is 13.0 Å². The fourth-order valence-corrected chi connectivity index (χ4v) is 2.49. The SMILES string of the molecule is CCOc1ccc([C@H](C)NC(=O)Cc2ccc(C)c(C)c2)cc1. The summed E-state index contributed by atoms with van der Waals surface area (Å²) in [6, 6.07) is 14.0. The fraction of sp³-hybridized carbons (Fsp3) is 0.350. The van der Waals surface area contributed by atoms with E-state index in [2.05, 4.69) is 31.3 Å². The van der Waals surface area contributed by atoms with E-state index < -0.39 is 0 Å². The van der Waals surface area contributed by atoms with Crippen molar-refractivity contribution in [2.45, 2.75) is 40.2 Å². The smallest absolute Gasteiger partial charge is 0.224 e. The summed E-state index contributed by atoms with van der Waals surface area (Å²) >= 11 is 0. The maximum absolute atomic E-state index is 12.2. The van der Waals surface area contributed by atoms with Crippen LogP contribution in [0.4, 0.5) is 0 Å². The third-order valence-corrected chi connectivity index (χ3v) is 4.00. The van der Waals surface area contributed by atoms with Crippen molar-refractivity contribution in [3.8, 4) is 5.75 Å². The van der Waals surface area contributed by atoms with Gasteiger partial charge in [-0.1, -0.05) is 30.3 Å². The van der Waals surface area contributed by atoms with Gasteiger partial charge in [0.25, 0.3) is 0 Å². The number of carbonyl (C=O) groups excluding carboxylic acids is 1. The monoisotopic (exact) mass is 311 g/mol. The van der Waals surface area contributed by atoms with E-state index in [1.54, 1.807) is 0 Å². The van der Waals surface area contributed by atoms with E-state index >= 15 is 0 Å². The number of amides is 1. The van der Waals surface area contributed by atoms with Crippen LogP contribution >= 0.6 is 0 Å². The van der Waals surface area contributed by atoms with Crippen LogP contribution < -0.4 is 10.1 Å². The summed E-state index contributed by atoms with van der Waals surface area (Å²) in [5.74, 6) is 0.888. The molecule has 3 nitrogen and oxygen atoms in total. The van der Waals surface area contributed by atoms with Gasteiger partial charge in [0.1, 0.15) is 5.75 Å². The first-order valence-electron chi connectivity index (χ1n) is 8.08. The summed E-state index contributed by atoms with van der Waals surface area (Å²) < 4.78 is 5.43. The molecule has 0 heterocycles. The molecular formula is C20H25NO2. The molecule has 122 valence electrons. The molecule has 3 heteroatoms. The minimum absolute atomic E-state index is 0.0234. The van der Waals surface area contributed by atoms with Crippen molar-refractivity contribution in [2.75, 3.05) is 6.61 Å². The number of aryl methyl sites for hydroxylation is 2. The molecule has 1 N–H and O–H groups in total. The summed E-state index contributed by atoms with van der Waals surface area (Å²) in [4.78, 5) is 12.2. The molecule has 0 unspecified atom stereocenters. The van der Waals surface area contributed by atoms with Crippen molar-refractivity contribution < 1.29 is 9.53 Å². The van der Waals surface area contributed by atoms with Gasteiger partial charge in [-0.05, 0) is 62.1 Å². The van der Waals surface area contributed by atoms with Gasteiger partial charge in [0.2, 0.25) is 5.91 Å². The first kappa shape index (κ1) is 17.1. The highest BCUT2D eigenvalue weighted by atomic mass is 16.5. The Balaban J connectivity index is 1.94.